The molecule has 0 spiro atoms. The molecular formula is C15H12ClN3. The molecule has 2 aromatic heterocycles. The smallest absolute Gasteiger partial charge is 0.135 e. The Morgan fingerprint density at radius 1 is 1.05 bits per heavy atom. The van der Waals surface area contributed by atoms with Gasteiger partial charge in [0, 0.05) is 23.6 Å². The van der Waals surface area contributed by atoms with Crippen LogP contribution in [-0.2, 0) is 6.42 Å². The van der Waals surface area contributed by atoms with Crippen molar-refractivity contribution < 1.29 is 0 Å². The van der Waals surface area contributed by atoms with E-state index in [1.54, 1.807) is 0 Å². The van der Waals surface area contributed by atoms with Crippen LogP contribution in [0.5, 0.6) is 0 Å². The summed E-state index contributed by atoms with van der Waals surface area (Å²) in [5, 5.41) is 1.67. The van der Waals surface area contributed by atoms with E-state index in [4.69, 9.17) is 11.6 Å². The standard InChI is InChI=1S/C15H12ClN3/c1-10-14(18-9-19-15(10)16)8-11-6-7-17-13-5-3-2-4-12(11)13/h2-7,9H,8H2,1H3. The quantitative estimate of drug-likeness (QED) is 0.668. The molecule has 4 heteroatoms. The average molecular weight is 270 g/mol. The average Bonchev–Trinajstić information content (AvgIpc) is 2.44. The van der Waals surface area contributed by atoms with E-state index in [9.17, 15) is 0 Å². The highest BCUT2D eigenvalue weighted by molar-refractivity contribution is 6.30. The Bertz CT molecular complexity index is 735. The molecule has 3 nitrogen and oxygen atoms in total. The van der Waals surface area contributed by atoms with E-state index in [-0.39, 0.29) is 0 Å². The lowest BCUT2D eigenvalue weighted by Crippen LogP contribution is -1.99. The molecule has 1 aromatic carbocycles. The van der Waals surface area contributed by atoms with Gasteiger partial charge in [-0.1, -0.05) is 29.8 Å². The van der Waals surface area contributed by atoms with Crippen molar-refractivity contribution >= 4 is 22.5 Å². The zero-order valence-electron chi connectivity index (χ0n) is 10.5. The van der Waals surface area contributed by atoms with Crippen LogP contribution in [0.1, 0.15) is 16.8 Å². The SMILES string of the molecule is Cc1c(Cl)ncnc1Cc1ccnc2ccccc12. The van der Waals surface area contributed by atoms with Gasteiger partial charge >= 0.3 is 0 Å². The minimum atomic E-state index is 0.517. The fraction of sp³-hybridized carbons (Fsp3) is 0.133. The van der Waals surface area contributed by atoms with Crippen LogP contribution in [0.3, 0.4) is 0 Å². The monoisotopic (exact) mass is 269 g/mol. The minimum absolute atomic E-state index is 0.517. The molecule has 0 aliphatic rings. The summed E-state index contributed by atoms with van der Waals surface area (Å²) in [7, 11) is 0. The number of halogens is 1. The Kier molecular flexibility index (Phi) is 3.13. The van der Waals surface area contributed by atoms with E-state index >= 15 is 0 Å². The van der Waals surface area contributed by atoms with Crippen molar-refractivity contribution in [1.82, 2.24) is 15.0 Å². The van der Waals surface area contributed by atoms with Gasteiger partial charge < -0.3 is 0 Å². The second-order valence-electron chi connectivity index (χ2n) is 4.40. The van der Waals surface area contributed by atoms with Gasteiger partial charge in [-0.25, -0.2) is 9.97 Å². The van der Waals surface area contributed by atoms with Gasteiger partial charge in [-0.2, -0.15) is 0 Å². The summed E-state index contributed by atoms with van der Waals surface area (Å²) < 4.78 is 0. The van der Waals surface area contributed by atoms with Crippen LogP contribution in [0.4, 0.5) is 0 Å². The number of pyridine rings is 1. The predicted octanol–water partition coefficient (Wildman–Crippen LogP) is 3.58. The maximum Gasteiger partial charge on any atom is 0.135 e. The fourth-order valence-corrected chi connectivity index (χ4v) is 2.28. The summed E-state index contributed by atoms with van der Waals surface area (Å²) >= 11 is 6.03. The summed E-state index contributed by atoms with van der Waals surface area (Å²) in [5.74, 6) is 0. The van der Waals surface area contributed by atoms with Crippen LogP contribution >= 0.6 is 11.6 Å². The van der Waals surface area contributed by atoms with Gasteiger partial charge in [0.1, 0.15) is 11.5 Å². The molecule has 94 valence electrons. The zero-order chi connectivity index (χ0) is 13.2. The van der Waals surface area contributed by atoms with Crippen LogP contribution in [0, 0.1) is 6.92 Å². The summed E-state index contributed by atoms with van der Waals surface area (Å²) in [6, 6.07) is 10.1. The molecule has 0 bridgehead atoms. The molecular weight excluding hydrogens is 258 g/mol. The van der Waals surface area contributed by atoms with Gasteiger partial charge in [0.2, 0.25) is 0 Å². The first kappa shape index (κ1) is 12.1. The van der Waals surface area contributed by atoms with Gasteiger partial charge in [0.15, 0.2) is 0 Å². The van der Waals surface area contributed by atoms with E-state index in [2.05, 4.69) is 21.0 Å². The molecule has 3 rings (SSSR count). The fourth-order valence-electron chi connectivity index (χ4n) is 2.13. The number of para-hydroxylation sites is 1. The highest BCUT2D eigenvalue weighted by atomic mass is 35.5. The van der Waals surface area contributed by atoms with Crippen molar-refractivity contribution in [3.63, 3.8) is 0 Å². The molecule has 0 atom stereocenters. The van der Waals surface area contributed by atoms with E-state index in [0.29, 0.717) is 5.15 Å². The number of hydrogen-bond acceptors (Lipinski definition) is 3. The molecule has 0 fully saturated rings. The number of rotatable bonds is 2. The molecule has 0 aliphatic carbocycles. The largest absolute Gasteiger partial charge is 0.256 e. The van der Waals surface area contributed by atoms with Crippen LogP contribution in [-0.4, -0.2) is 15.0 Å². The molecule has 0 N–H and O–H groups in total. The Morgan fingerprint density at radius 3 is 2.79 bits per heavy atom. The number of hydrogen-bond donors (Lipinski definition) is 0. The van der Waals surface area contributed by atoms with Crippen LogP contribution in [0.2, 0.25) is 5.15 Å². The molecule has 0 radical (unpaired) electrons. The first-order valence-electron chi connectivity index (χ1n) is 6.04. The zero-order valence-corrected chi connectivity index (χ0v) is 11.2. The van der Waals surface area contributed by atoms with Crippen molar-refractivity contribution in [2.45, 2.75) is 13.3 Å². The Hall–Kier alpha value is -2.00. The minimum Gasteiger partial charge on any atom is -0.256 e. The van der Waals surface area contributed by atoms with E-state index in [1.807, 2.05) is 37.4 Å². The highest BCUT2D eigenvalue weighted by Crippen LogP contribution is 2.21. The van der Waals surface area contributed by atoms with Crippen molar-refractivity contribution in [3.05, 3.63) is 64.8 Å². The third-order valence-electron chi connectivity index (χ3n) is 3.22. The lowest BCUT2D eigenvalue weighted by molar-refractivity contribution is 0.999. The van der Waals surface area contributed by atoms with Crippen LogP contribution in [0.15, 0.2) is 42.9 Å². The third-order valence-corrected chi connectivity index (χ3v) is 3.61. The van der Waals surface area contributed by atoms with Gasteiger partial charge in [-0.15, -0.1) is 0 Å². The summed E-state index contributed by atoms with van der Waals surface area (Å²) in [6.45, 7) is 1.95. The molecule has 0 unspecified atom stereocenters. The maximum atomic E-state index is 6.03. The van der Waals surface area contributed by atoms with Crippen molar-refractivity contribution in [1.29, 1.82) is 0 Å². The van der Waals surface area contributed by atoms with Gasteiger partial charge in [-0.3, -0.25) is 4.98 Å². The first-order chi connectivity index (χ1) is 9.25. The Balaban J connectivity index is 2.09. The van der Waals surface area contributed by atoms with Crippen molar-refractivity contribution in [2.75, 3.05) is 0 Å². The summed E-state index contributed by atoms with van der Waals surface area (Å²) in [6.07, 6.45) is 4.07. The van der Waals surface area contributed by atoms with E-state index in [0.717, 1.165) is 28.6 Å². The molecule has 2 heterocycles. The number of nitrogens with zero attached hydrogens (tertiary/aromatic N) is 3. The molecule has 19 heavy (non-hydrogen) atoms. The normalized spacial score (nSPS) is 10.8. The number of aromatic nitrogens is 3. The Morgan fingerprint density at radius 2 is 1.89 bits per heavy atom. The summed E-state index contributed by atoms with van der Waals surface area (Å²) in [4.78, 5) is 12.7. The van der Waals surface area contributed by atoms with Gasteiger partial charge in [-0.05, 0) is 24.6 Å². The van der Waals surface area contributed by atoms with Gasteiger partial charge in [0.25, 0.3) is 0 Å². The van der Waals surface area contributed by atoms with E-state index in [1.165, 1.54) is 11.9 Å². The predicted molar refractivity (Wildman–Crippen MR) is 76.3 cm³/mol. The third kappa shape index (κ3) is 2.29. The van der Waals surface area contributed by atoms with Crippen molar-refractivity contribution in [2.24, 2.45) is 0 Å². The second-order valence-corrected chi connectivity index (χ2v) is 4.76. The Labute approximate surface area is 116 Å². The number of fused-ring (bicyclic) bond motifs is 1. The molecule has 3 aromatic rings. The lowest BCUT2D eigenvalue weighted by atomic mass is 10.0. The second kappa shape index (κ2) is 4.94. The van der Waals surface area contributed by atoms with E-state index < -0.39 is 0 Å². The first-order valence-corrected chi connectivity index (χ1v) is 6.42. The lowest BCUT2D eigenvalue weighted by Gasteiger charge is -2.08. The topological polar surface area (TPSA) is 38.7 Å². The molecule has 0 aliphatic heterocycles. The molecule has 0 amide bonds. The van der Waals surface area contributed by atoms with Gasteiger partial charge in [0.05, 0.1) is 11.2 Å². The maximum absolute atomic E-state index is 6.03. The van der Waals surface area contributed by atoms with Crippen molar-refractivity contribution in [3.8, 4) is 0 Å². The molecule has 0 saturated carbocycles. The highest BCUT2D eigenvalue weighted by Gasteiger charge is 2.08. The van der Waals surface area contributed by atoms with Crippen LogP contribution in [0.25, 0.3) is 10.9 Å². The van der Waals surface area contributed by atoms with Crippen LogP contribution < -0.4 is 0 Å². The molecule has 0 saturated heterocycles. The summed E-state index contributed by atoms with van der Waals surface area (Å²) in [5.41, 5.74) is 4.09. The number of benzene rings is 1.